The van der Waals surface area contributed by atoms with E-state index in [0.29, 0.717) is 84.2 Å². The molecule has 2 aliphatic rings. The van der Waals surface area contributed by atoms with Gasteiger partial charge >= 0.3 is 5.97 Å². The van der Waals surface area contributed by atoms with Crippen LogP contribution in [-0.2, 0) is 17.7 Å². The van der Waals surface area contributed by atoms with Gasteiger partial charge in [-0.05, 0) is 32.1 Å². The number of carboxylic acid groups (broad SMARTS) is 1. The molecule has 1 atom stereocenters. The highest BCUT2D eigenvalue weighted by atomic mass is 19.2. The van der Waals surface area contributed by atoms with Gasteiger partial charge in [-0.1, -0.05) is 6.92 Å². The third kappa shape index (κ3) is 4.87. The zero-order valence-corrected chi connectivity index (χ0v) is 25.1. The van der Waals surface area contributed by atoms with Crippen molar-refractivity contribution in [3.63, 3.8) is 0 Å². The van der Waals surface area contributed by atoms with Crippen LogP contribution in [0.25, 0.3) is 33.3 Å². The number of carboxylic acids is 1. The van der Waals surface area contributed by atoms with Gasteiger partial charge < -0.3 is 29.5 Å². The van der Waals surface area contributed by atoms with Crippen molar-refractivity contribution < 1.29 is 23.4 Å². The van der Waals surface area contributed by atoms with E-state index in [2.05, 4.69) is 15.2 Å². The van der Waals surface area contributed by atoms with Gasteiger partial charge in [0.25, 0.3) is 0 Å². The number of aromatic nitrogens is 3. The molecule has 0 saturated carbocycles. The molecule has 1 saturated heterocycles. The number of hydrogen-bond acceptors (Lipinski definition) is 8. The molecule has 1 aliphatic carbocycles. The summed E-state index contributed by atoms with van der Waals surface area (Å²) in [5.74, 6) is -3.23. The van der Waals surface area contributed by atoms with E-state index in [0.717, 1.165) is 12.5 Å². The van der Waals surface area contributed by atoms with Crippen LogP contribution in [0.5, 0.6) is 0 Å². The molecular weight excluding hydrogens is 570 g/mol. The Morgan fingerprint density at radius 1 is 1.16 bits per heavy atom. The summed E-state index contributed by atoms with van der Waals surface area (Å²) >= 11 is 0. The number of hydrogen-bond donors (Lipinski definition) is 2. The van der Waals surface area contributed by atoms with Crippen LogP contribution in [0.3, 0.4) is 0 Å². The van der Waals surface area contributed by atoms with Crippen molar-refractivity contribution in [2.24, 2.45) is 0 Å². The second kappa shape index (κ2) is 11.6. The average molecular weight is 605 g/mol. The summed E-state index contributed by atoms with van der Waals surface area (Å²) in [5.41, 5.74) is 3.51. The Kier molecular flexibility index (Phi) is 7.80. The number of fused-ring (bicyclic) bond motifs is 4. The summed E-state index contributed by atoms with van der Waals surface area (Å²) < 4.78 is 37.8. The Hall–Kier alpha value is -4.42. The number of benzene rings is 1. The van der Waals surface area contributed by atoms with Crippen LogP contribution in [0.2, 0.25) is 0 Å². The Morgan fingerprint density at radius 3 is 2.57 bits per heavy atom. The van der Waals surface area contributed by atoms with Gasteiger partial charge in [0.15, 0.2) is 11.6 Å². The second-order valence-electron chi connectivity index (χ2n) is 11.4. The fourth-order valence-electron chi connectivity index (χ4n) is 6.36. The standard InChI is InChI=1S/C32H34F2N6O4/c1-5-18(38(3)4)15-40-16-22(32(42)43)30(41)20-10-17(13-37-31(20)40)21-14-36-25-11-19-24(35-2)12-23(33)28(34)26(19)27(25)29(21)39-6-8-44-9-7-39/h10,12-14,16,18,35H,5-9,11,15H2,1-4H3,(H,42,43). The van der Waals surface area contributed by atoms with Crippen LogP contribution in [0.15, 0.2) is 35.5 Å². The summed E-state index contributed by atoms with van der Waals surface area (Å²) in [5, 5.41) is 13.0. The molecule has 2 N–H and O–H groups in total. The third-order valence-corrected chi connectivity index (χ3v) is 8.71. The van der Waals surface area contributed by atoms with Crippen molar-refractivity contribution in [1.82, 2.24) is 19.4 Å². The van der Waals surface area contributed by atoms with Crippen molar-refractivity contribution in [1.29, 1.82) is 0 Å². The van der Waals surface area contributed by atoms with Gasteiger partial charge in [-0.15, -0.1) is 0 Å². The number of nitrogens with zero attached hydrogens (tertiary/aromatic N) is 5. The van der Waals surface area contributed by atoms with Gasteiger partial charge in [-0.3, -0.25) is 9.78 Å². The lowest BCUT2D eigenvalue weighted by Gasteiger charge is -2.32. The SMILES string of the molecule is CCC(Cn1cc(C(=O)O)c(=O)c2cc(-c3cnc4c(c3N3CCOCC3)-c3c(F)c(F)cc(NC)c3C4)cnc21)N(C)C. The molecule has 1 unspecified atom stereocenters. The van der Waals surface area contributed by atoms with Crippen LogP contribution in [0, 0.1) is 11.6 Å². The molecule has 44 heavy (non-hydrogen) atoms. The molecule has 6 rings (SSSR count). The Labute approximate surface area is 252 Å². The van der Waals surface area contributed by atoms with Crippen LogP contribution in [0.4, 0.5) is 20.2 Å². The molecule has 4 heterocycles. The molecule has 230 valence electrons. The smallest absolute Gasteiger partial charge is 0.341 e. The maximum absolute atomic E-state index is 15.6. The predicted octanol–water partition coefficient (Wildman–Crippen LogP) is 4.22. The molecule has 1 aromatic carbocycles. The summed E-state index contributed by atoms with van der Waals surface area (Å²) in [7, 11) is 5.56. The quantitative estimate of drug-likeness (QED) is 0.269. The van der Waals surface area contributed by atoms with Crippen molar-refractivity contribution in [3.05, 3.63) is 69.4 Å². The van der Waals surface area contributed by atoms with Gasteiger partial charge in [0, 0.05) is 91.7 Å². The fourth-order valence-corrected chi connectivity index (χ4v) is 6.36. The third-order valence-electron chi connectivity index (χ3n) is 8.71. The highest BCUT2D eigenvalue weighted by Gasteiger charge is 2.34. The maximum Gasteiger partial charge on any atom is 0.341 e. The first kappa shape index (κ1) is 29.6. The van der Waals surface area contributed by atoms with E-state index >= 15 is 4.39 Å². The van der Waals surface area contributed by atoms with E-state index in [1.807, 2.05) is 25.9 Å². The minimum Gasteiger partial charge on any atom is -0.477 e. The highest BCUT2D eigenvalue weighted by Crippen LogP contribution is 2.50. The molecule has 12 heteroatoms. The Bertz CT molecular complexity index is 1850. The molecule has 4 aromatic rings. The van der Waals surface area contributed by atoms with E-state index < -0.39 is 23.0 Å². The van der Waals surface area contributed by atoms with Gasteiger partial charge in [0.05, 0.1) is 30.0 Å². The number of rotatable bonds is 8. The molecule has 1 fully saturated rings. The first-order valence-corrected chi connectivity index (χ1v) is 14.6. The van der Waals surface area contributed by atoms with E-state index in [4.69, 9.17) is 9.72 Å². The van der Waals surface area contributed by atoms with Crippen LogP contribution < -0.4 is 15.6 Å². The largest absolute Gasteiger partial charge is 0.477 e. The van der Waals surface area contributed by atoms with E-state index in [9.17, 15) is 19.1 Å². The molecular formula is C32H34F2N6O4. The maximum atomic E-state index is 15.6. The molecule has 3 aromatic heterocycles. The number of halogens is 2. The van der Waals surface area contributed by atoms with Crippen LogP contribution in [0.1, 0.15) is 35.0 Å². The monoisotopic (exact) mass is 604 g/mol. The van der Waals surface area contributed by atoms with Crippen molar-refractivity contribution in [3.8, 4) is 22.3 Å². The zero-order valence-electron chi connectivity index (χ0n) is 25.1. The number of nitrogens with one attached hydrogen (secondary N) is 1. The van der Waals surface area contributed by atoms with Crippen LogP contribution >= 0.6 is 0 Å². The molecule has 0 bridgehead atoms. The topological polar surface area (TPSA) is 113 Å². The zero-order chi connectivity index (χ0) is 31.3. The second-order valence-corrected chi connectivity index (χ2v) is 11.4. The Morgan fingerprint density at radius 2 is 1.91 bits per heavy atom. The lowest BCUT2D eigenvalue weighted by molar-refractivity contribution is 0.0694. The normalized spacial score (nSPS) is 15.0. The molecule has 0 amide bonds. The van der Waals surface area contributed by atoms with Crippen LogP contribution in [-0.4, -0.2) is 84.0 Å². The number of aromatic carboxylic acids is 1. The number of ether oxygens (including phenoxy) is 1. The molecule has 1 aliphatic heterocycles. The number of morpholine rings is 1. The minimum atomic E-state index is -1.32. The van der Waals surface area contributed by atoms with Crippen molar-refractivity contribution in [2.45, 2.75) is 32.4 Å². The Balaban J connectivity index is 1.61. The lowest BCUT2D eigenvalue weighted by atomic mass is 9.96. The van der Waals surface area contributed by atoms with Gasteiger partial charge in [-0.2, -0.15) is 0 Å². The molecule has 0 radical (unpaired) electrons. The summed E-state index contributed by atoms with van der Waals surface area (Å²) in [6.45, 7) is 4.39. The minimum absolute atomic E-state index is 0.0792. The van der Waals surface area contributed by atoms with E-state index in [-0.39, 0.29) is 22.6 Å². The van der Waals surface area contributed by atoms with E-state index in [1.54, 1.807) is 30.1 Å². The summed E-state index contributed by atoms with van der Waals surface area (Å²) in [4.78, 5) is 39.1. The number of likely N-dealkylation sites (N-methyl/N-ethyl adjacent to an activating group) is 1. The van der Waals surface area contributed by atoms with Crippen molar-refractivity contribution >= 4 is 28.4 Å². The first-order chi connectivity index (χ1) is 21.1. The predicted molar refractivity (Wildman–Crippen MR) is 165 cm³/mol. The average Bonchev–Trinajstić information content (AvgIpc) is 3.42. The molecule has 10 nitrogen and oxygen atoms in total. The van der Waals surface area contributed by atoms with E-state index in [1.165, 1.54) is 6.20 Å². The first-order valence-electron chi connectivity index (χ1n) is 14.6. The molecule has 0 spiro atoms. The van der Waals surface area contributed by atoms with Gasteiger partial charge in [-0.25, -0.2) is 18.6 Å². The summed E-state index contributed by atoms with van der Waals surface area (Å²) in [6, 6.07) is 2.87. The fraction of sp³-hybridized carbons (Fsp3) is 0.375. The number of carbonyl (C=O) groups is 1. The van der Waals surface area contributed by atoms with Gasteiger partial charge in [0.1, 0.15) is 11.2 Å². The van der Waals surface area contributed by atoms with Crippen molar-refractivity contribution in [2.75, 3.05) is 57.7 Å². The highest BCUT2D eigenvalue weighted by molar-refractivity contribution is 5.98. The lowest BCUT2D eigenvalue weighted by Crippen LogP contribution is -2.37. The summed E-state index contributed by atoms with van der Waals surface area (Å²) in [6.07, 6.45) is 5.78. The number of anilines is 2. The number of pyridine rings is 3. The van der Waals surface area contributed by atoms with Gasteiger partial charge in [0.2, 0.25) is 5.43 Å².